The molecule has 0 aliphatic carbocycles. The summed E-state index contributed by atoms with van der Waals surface area (Å²) in [6.07, 6.45) is -3.98. The average Bonchev–Trinajstić information content (AvgIpc) is 2.63. The van der Waals surface area contributed by atoms with Crippen LogP contribution >= 0.6 is 0 Å². The van der Waals surface area contributed by atoms with Gasteiger partial charge in [0.2, 0.25) is 0 Å². The molecule has 0 aliphatic heterocycles. The van der Waals surface area contributed by atoms with E-state index in [1.165, 1.54) is 11.6 Å². The third-order valence-electron chi connectivity index (χ3n) is 2.67. The van der Waals surface area contributed by atoms with Crippen molar-refractivity contribution < 1.29 is 18.0 Å². The van der Waals surface area contributed by atoms with Crippen molar-refractivity contribution in [2.75, 3.05) is 6.54 Å². The van der Waals surface area contributed by atoms with Gasteiger partial charge < -0.3 is 5.32 Å². The van der Waals surface area contributed by atoms with Gasteiger partial charge in [-0.25, -0.2) is 0 Å². The van der Waals surface area contributed by atoms with Crippen molar-refractivity contribution in [2.24, 2.45) is 0 Å². The van der Waals surface area contributed by atoms with Crippen LogP contribution in [0.3, 0.4) is 0 Å². The largest absolute Gasteiger partial charge is 0.435 e. The molecule has 1 rings (SSSR count). The van der Waals surface area contributed by atoms with Crippen LogP contribution in [-0.4, -0.2) is 22.2 Å². The van der Waals surface area contributed by atoms with Gasteiger partial charge in [0.1, 0.15) is 0 Å². The van der Waals surface area contributed by atoms with Gasteiger partial charge in [0, 0.05) is 18.3 Å². The van der Waals surface area contributed by atoms with Crippen LogP contribution in [0, 0.1) is 6.92 Å². The molecule has 19 heavy (non-hydrogen) atoms. The Morgan fingerprint density at radius 1 is 1.42 bits per heavy atom. The molecule has 0 bridgehead atoms. The van der Waals surface area contributed by atoms with E-state index in [9.17, 15) is 18.0 Å². The average molecular weight is 277 g/mol. The topological polar surface area (TPSA) is 46.9 Å². The minimum atomic E-state index is -4.64. The Labute approximate surface area is 110 Å². The summed E-state index contributed by atoms with van der Waals surface area (Å²) in [6.45, 7) is 7.07. The van der Waals surface area contributed by atoms with E-state index in [4.69, 9.17) is 0 Å². The second kappa shape index (κ2) is 5.63. The van der Waals surface area contributed by atoms with Crippen LogP contribution in [0.5, 0.6) is 0 Å². The lowest BCUT2D eigenvalue weighted by atomic mass is 10.1. The van der Waals surface area contributed by atoms with E-state index in [1.807, 2.05) is 6.92 Å². The Bertz CT molecular complexity index is 464. The predicted molar refractivity (Wildman–Crippen MR) is 65.0 cm³/mol. The highest BCUT2D eigenvalue weighted by Gasteiger charge is 2.40. The Balaban J connectivity index is 3.30. The van der Waals surface area contributed by atoms with E-state index in [-0.39, 0.29) is 17.3 Å². The lowest BCUT2D eigenvalue weighted by Crippen LogP contribution is -2.27. The third kappa shape index (κ3) is 3.27. The molecule has 4 nitrogen and oxygen atoms in total. The zero-order valence-corrected chi connectivity index (χ0v) is 11.4. The first-order valence-corrected chi connectivity index (χ1v) is 6.14. The first-order valence-electron chi connectivity index (χ1n) is 6.14. The van der Waals surface area contributed by atoms with Crippen molar-refractivity contribution in [3.8, 4) is 0 Å². The SMILES string of the molecule is CCCNC(=O)c1c(C(F)(F)F)nn(C(C)C)c1C. The van der Waals surface area contributed by atoms with Crippen molar-refractivity contribution in [1.82, 2.24) is 15.1 Å². The van der Waals surface area contributed by atoms with Gasteiger partial charge in [0.25, 0.3) is 5.91 Å². The number of carbonyl (C=O) groups is 1. The van der Waals surface area contributed by atoms with Gasteiger partial charge in [-0.3, -0.25) is 9.48 Å². The Kier molecular flexibility index (Phi) is 4.60. The van der Waals surface area contributed by atoms with E-state index in [1.54, 1.807) is 13.8 Å². The zero-order chi connectivity index (χ0) is 14.8. The number of hydrogen-bond donors (Lipinski definition) is 1. The minimum Gasteiger partial charge on any atom is -0.352 e. The number of nitrogens with zero attached hydrogens (tertiary/aromatic N) is 2. The van der Waals surface area contributed by atoms with Crippen LogP contribution in [0.2, 0.25) is 0 Å². The Morgan fingerprint density at radius 3 is 2.42 bits per heavy atom. The fourth-order valence-electron chi connectivity index (χ4n) is 1.82. The predicted octanol–water partition coefficient (Wildman–Crippen LogP) is 2.93. The van der Waals surface area contributed by atoms with Gasteiger partial charge >= 0.3 is 6.18 Å². The normalized spacial score (nSPS) is 12.0. The first-order chi connectivity index (χ1) is 8.70. The summed E-state index contributed by atoms with van der Waals surface area (Å²) in [5.74, 6) is -0.724. The van der Waals surface area contributed by atoms with Crippen molar-refractivity contribution in [3.05, 3.63) is 17.0 Å². The van der Waals surface area contributed by atoms with Gasteiger partial charge in [-0.2, -0.15) is 18.3 Å². The molecule has 0 radical (unpaired) electrons. The second-order valence-electron chi connectivity index (χ2n) is 4.60. The summed E-state index contributed by atoms with van der Waals surface area (Å²) in [5, 5.41) is 6.00. The molecule has 1 amide bonds. The maximum absolute atomic E-state index is 12.9. The molecule has 0 atom stereocenters. The third-order valence-corrected chi connectivity index (χ3v) is 2.67. The summed E-state index contributed by atoms with van der Waals surface area (Å²) in [7, 11) is 0. The van der Waals surface area contributed by atoms with E-state index in [0.717, 1.165) is 0 Å². The second-order valence-corrected chi connectivity index (χ2v) is 4.60. The molecule has 0 unspecified atom stereocenters. The van der Waals surface area contributed by atoms with Gasteiger partial charge in [0.15, 0.2) is 5.69 Å². The minimum absolute atomic E-state index is 0.232. The summed E-state index contributed by atoms with van der Waals surface area (Å²) >= 11 is 0. The Morgan fingerprint density at radius 2 is 2.00 bits per heavy atom. The molecule has 1 heterocycles. The number of amides is 1. The monoisotopic (exact) mass is 277 g/mol. The first kappa shape index (κ1) is 15.5. The van der Waals surface area contributed by atoms with Crippen molar-refractivity contribution in [2.45, 2.75) is 46.3 Å². The van der Waals surface area contributed by atoms with Crippen molar-refractivity contribution in [1.29, 1.82) is 0 Å². The smallest absolute Gasteiger partial charge is 0.352 e. The van der Waals surface area contributed by atoms with Crippen molar-refractivity contribution >= 4 is 5.91 Å². The number of carbonyl (C=O) groups excluding carboxylic acids is 1. The molecule has 1 N–H and O–H groups in total. The molecule has 0 aliphatic rings. The van der Waals surface area contributed by atoms with Crippen LogP contribution < -0.4 is 5.32 Å². The zero-order valence-electron chi connectivity index (χ0n) is 11.4. The van der Waals surface area contributed by atoms with Crippen molar-refractivity contribution in [3.63, 3.8) is 0 Å². The maximum atomic E-state index is 12.9. The molecule has 108 valence electrons. The fraction of sp³-hybridized carbons (Fsp3) is 0.667. The summed E-state index contributed by atoms with van der Waals surface area (Å²) in [6, 6.07) is -0.242. The molecule has 7 heteroatoms. The van der Waals surface area contributed by atoms with E-state index in [0.29, 0.717) is 13.0 Å². The summed E-state index contributed by atoms with van der Waals surface area (Å²) in [5.41, 5.74) is -1.27. The standard InChI is InChI=1S/C12H18F3N3O/c1-5-6-16-11(19)9-8(4)18(7(2)3)17-10(9)12(13,14)15/h7H,5-6H2,1-4H3,(H,16,19). The number of alkyl halides is 3. The van der Waals surface area contributed by atoms with Crippen LogP contribution in [0.15, 0.2) is 0 Å². The van der Waals surface area contributed by atoms with E-state index in [2.05, 4.69) is 10.4 Å². The lowest BCUT2D eigenvalue weighted by molar-refractivity contribution is -0.141. The fourth-order valence-corrected chi connectivity index (χ4v) is 1.82. The number of rotatable bonds is 4. The van der Waals surface area contributed by atoms with Crippen LogP contribution in [0.25, 0.3) is 0 Å². The van der Waals surface area contributed by atoms with Crippen LogP contribution in [0.4, 0.5) is 13.2 Å². The molecule has 0 spiro atoms. The van der Waals surface area contributed by atoms with Gasteiger partial charge in [-0.05, 0) is 27.2 Å². The van der Waals surface area contributed by atoms with Crippen LogP contribution in [0.1, 0.15) is 55.0 Å². The molecule has 1 aromatic rings. The number of hydrogen-bond acceptors (Lipinski definition) is 2. The molecular weight excluding hydrogens is 259 g/mol. The lowest BCUT2D eigenvalue weighted by Gasteiger charge is -2.08. The number of halogens is 3. The molecule has 0 saturated heterocycles. The summed E-state index contributed by atoms with van der Waals surface area (Å²) < 4.78 is 40.0. The summed E-state index contributed by atoms with van der Waals surface area (Å²) in [4.78, 5) is 11.9. The highest BCUT2D eigenvalue weighted by atomic mass is 19.4. The van der Waals surface area contributed by atoms with Gasteiger partial charge in [0.05, 0.1) is 5.56 Å². The highest BCUT2D eigenvalue weighted by molar-refractivity contribution is 5.96. The van der Waals surface area contributed by atoms with E-state index >= 15 is 0 Å². The number of nitrogens with one attached hydrogen (secondary N) is 1. The maximum Gasteiger partial charge on any atom is 0.435 e. The van der Waals surface area contributed by atoms with Gasteiger partial charge in [-0.1, -0.05) is 6.92 Å². The molecule has 1 aromatic heterocycles. The number of aromatic nitrogens is 2. The van der Waals surface area contributed by atoms with Crippen LogP contribution in [-0.2, 0) is 6.18 Å². The van der Waals surface area contributed by atoms with Gasteiger partial charge in [-0.15, -0.1) is 0 Å². The Hall–Kier alpha value is -1.53. The quantitative estimate of drug-likeness (QED) is 0.919. The molecule has 0 aromatic carbocycles. The molecule has 0 saturated carbocycles. The molecular formula is C12H18F3N3O. The van der Waals surface area contributed by atoms with E-state index < -0.39 is 17.8 Å². The molecule has 0 fully saturated rings. The highest BCUT2D eigenvalue weighted by Crippen LogP contribution is 2.33.